The second kappa shape index (κ2) is 22.0. The van der Waals surface area contributed by atoms with Gasteiger partial charge in [0.15, 0.2) is 12.6 Å². The number of rotatable bonds is 15. The first-order valence-electron chi connectivity index (χ1n) is 28.8. The maximum atomic E-state index is 17.7. The molecule has 2 bridgehead atoms. The van der Waals surface area contributed by atoms with Gasteiger partial charge in [-0.25, -0.2) is 13.6 Å². The van der Waals surface area contributed by atoms with E-state index >= 15 is 8.78 Å². The van der Waals surface area contributed by atoms with Gasteiger partial charge < -0.3 is 38.5 Å². The second-order valence-corrected chi connectivity index (χ2v) is 24.4. The molecule has 81 heavy (non-hydrogen) atoms. The van der Waals surface area contributed by atoms with Crippen LogP contribution in [0, 0.1) is 35.3 Å². The molecule has 19 heteroatoms. The van der Waals surface area contributed by atoms with E-state index in [-0.39, 0.29) is 76.7 Å². The van der Waals surface area contributed by atoms with Gasteiger partial charge in [0.25, 0.3) is 5.91 Å². The number of nitrogens with zero attached hydrogens (tertiary/aromatic N) is 8. The molecule has 0 spiro atoms. The third-order valence-electron chi connectivity index (χ3n) is 17.8. The quantitative estimate of drug-likeness (QED) is 0.0608. The molecule has 7 aliphatic rings. The number of anilines is 2. The average molecular weight is 1110 g/mol. The Balaban J connectivity index is 0.704. The number of nitrogens with one attached hydrogen (secondary N) is 1. The number of benzene rings is 4. The molecule has 3 atom stereocenters. The van der Waals surface area contributed by atoms with E-state index in [0.29, 0.717) is 72.0 Å². The number of aromatic nitrogens is 2. The van der Waals surface area contributed by atoms with Crippen LogP contribution in [-0.2, 0) is 25.6 Å². The molecule has 426 valence electrons. The van der Waals surface area contributed by atoms with Crippen LogP contribution in [0.2, 0.25) is 0 Å². The molecule has 5 saturated heterocycles. The lowest BCUT2D eigenvalue weighted by Gasteiger charge is -2.42. The summed E-state index contributed by atoms with van der Waals surface area (Å²) in [4.78, 5) is 73.7. The molecule has 1 aliphatic carbocycles. The number of fused-ring (bicyclic) bond motifs is 5. The normalized spacial score (nSPS) is 22.3. The van der Waals surface area contributed by atoms with Crippen molar-refractivity contribution in [3.8, 4) is 35.2 Å². The van der Waals surface area contributed by atoms with Gasteiger partial charge in [0.1, 0.15) is 34.5 Å². The number of carbonyl (C=O) groups is 4. The maximum Gasteiger partial charge on any atom is 0.410 e. The highest BCUT2D eigenvalue weighted by Crippen LogP contribution is 2.48. The Labute approximate surface area is 471 Å². The fourth-order valence-corrected chi connectivity index (χ4v) is 13.3. The van der Waals surface area contributed by atoms with Gasteiger partial charge >= 0.3 is 12.1 Å². The van der Waals surface area contributed by atoms with Crippen LogP contribution >= 0.6 is 0 Å². The van der Waals surface area contributed by atoms with Gasteiger partial charge in [-0.15, -0.1) is 6.42 Å². The Bertz CT molecular complexity index is 3330. The minimum atomic E-state index is -0.880. The first kappa shape index (κ1) is 54.4. The molecule has 17 nitrogen and oxygen atoms in total. The Morgan fingerprint density at radius 3 is 2.33 bits per heavy atom. The number of hydrogen-bond donors (Lipinski definition) is 1. The van der Waals surface area contributed by atoms with Crippen LogP contribution < -0.4 is 24.6 Å². The number of amides is 4. The molecule has 7 heterocycles. The lowest BCUT2D eigenvalue weighted by atomic mass is 9.92. The second-order valence-electron chi connectivity index (χ2n) is 24.4. The van der Waals surface area contributed by atoms with Crippen molar-refractivity contribution in [2.24, 2.45) is 11.3 Å². The average Bonchev–Trinajstić information content (AvgIpc) is 4.21. The van der Waals surface area contributed by atoms with Crippen molar-refractivity contribution in [2.45, 2.75) is 109 Å². The minimum absolute atomic E-state index is 0.00943. The zero-order chi connectivity index (χ0) is 56.3. The van der Waals surface area contributed by atoms with Gasteiger partial charge in [-0.3, -0.25) is 29.5 Å². The Morgan fingerprint density at radius 1 is 0.864 bits per heavy atom. The Kier molecular flexibility index (Phi) is 14.8. The Hall–Kier alpha value is -7.14. The molecule has 2 unspecified atom stereocenters. The van der Waals surface area contributed by atoms with Crippen molar-refractivity contribution in [3.63, 3.8) is 0 Å². The van der Waals surface area contributed by atoms with Crippen LogP contribution in [0.25, 0.3) is 32.8 Å². The van der Waals surface area contributed by atoms with E-state index in [4.69, 9.17) is 35.3 Å². The summed E-state index contributed by atoms with van der Waals surface area (Å²) in [6.45, 7) is 14.6. The molecule has 6 aliphatic heterocycles. The van der Waals surface area contributed by atoms with Crippen molar-refractivity contribution >= 4 is 57.0 Å². The van der Waals surface area contributed by atoms with Crippen LogP contribution in [0.15, 0.2) is 54.6 Å². The van der Waals surface area contributed by atoms with E-state index in [1.165, 1.54) is 13.2 Å². The first-order chi connectivity index (χ1) is 39.0. The monoisotopic (exact) mass is 1110 g/mol. The molecule has 1 saturated carbocycles. The van der Waals surface area contributed by atoms with Gasteiger partial charge in [0.05, 0.1) is 24.3 Å². The van der Waals surface area contributed by atoms with Crippen molar-refractivity contribution in [3.05, 3.63) is 82.9 Å². The molecule has 5 aromatic rings. The van der Waals surface area contributed by atoms with Crippen molar-refractivity contribution < 1.29 is 46.9 Å². The summed E-state index contributed by atoms with van der Waals surface area (Å²) in [5.74, 6) is 1.49. The number of likely N-dealkylation sites (tertiary alicyclic amines) is 1. The molecule has 4 amide bonds. The predicted octanol–water partition coefficient (Wildman–Crippen LogP) is 8.12. The first-order valence-corrected chi connectivity index (χ1v) is 28.8. The van der Waals surface area contributed by atoms with E-state index in [0.717, 1.165) is 109 Å². The van der Waals surface area contributed by atoms with E-state index < -0.39 is 29.2 Å². The molecule has 0 radical (unpaired) electrons. The maximum absolute atomic E-state index is 17.7. The predicted molar refractivity (Wildman–Crippen MR) is 302 cm³/mol. The zero-order valence-electron chi connectivity index (χ0n) is 46.7. The number of hydrogen-bond acceptors (Lipinski definition) is 14. The minimum Gasteiger partial charge on any atom is -0.468 e. The lowest BCUT2D eigenvalue weighted by molar-refractivity contribution is -0.136. The van der Waals surface area contributed by atoms with Crippen LogP contribution in [0.5, 0.6) is 11.8 Å². The lowest BCUT2D eigenvalue weighted by Crippen LogP contribution is -2.57. The van der Waals surface area contributed by atoms with E-state index in [1.54, 1.807) is 29.2 Å². The highest BCUT2D eigenvalue weighted by molar-refractivity contribution is 6.06. The summed E-state index contributed by atoms with van der Waals surface area (Å²) in [5, 5.41) is 3.72. The summed E-state index contributed by atoms with van der Waals surface area (Å²) in [7, 11) is 1.50. The summed E-state index contributed by atoms with van der Waals surface area (Å²) in [5.41, 5.74) is 2.16. The molecular formula is C62H71F2N9O8. The number of piperidine rings is 2. The number of imide groups is 1. The zero-order valence-corrected chi connectivity index (χ0v) is 46.7. The van der Waals surface area contributed by atoms with Gasteiger partial charge in [-0.05, 0) is 151 Å². The molecule has 4 aromatic carbocycles. The highest BCUT2D eigenvalue weighted by atomic mass is 19.1. The summed E-state index contributed by atoms with van der Waals surface area (Å²) < 4.78 is 58.2. The van der Waals surface area contributed by atoms with Crippen molar-refractivity contribution in [1.29, 1.82) is 0 Å². The number of piperazine rings is 2. The van der Waals surface area contributed by atoms with Crippen LogP contribution in [0.4, 0.5) is 25.1 Å². The summed E-state index contributed by atoms with van der Waals surface area (Å²) in [6, 6.07) is 15.0. The number of halogens is 2. The molecule has 6 fully saturated rings. The Morgan fingerprint density at radius 2 is 1.63 bits per heavy atom. The molecular weight excluding hydrogens is 1040 g/mol. The van der Waals surface area contributed by atoms with Crippen LogP contribution in [0.1, 0.15) is 100 Å². The molecule has 1 N–H and O–H groups in total. The van der Waals surface area contributed by atoms with Crippen molar-refractivity contribution in [2.75, 3.05) is 95.8 Å². The largest absolute Gasteiger partial charge is 0.468 e. The SMILES string of the molecule is C#Cc1cccc2cc(OCOC)cc(-c3c(F)cc4c(N5CC6CCC(C5)N6C(=O)OC(C)(C)C)nc(OCC5(CN6CCC(CCN7CCN(c8ccc9c(c8)CN([C@H]8CCC(=O)NC8=O)C9=O)CC7)CC6)CC5)nc4c3F)c12. The van der Waals surface area contributed by atoms with Crippen molar-refractivity contribution in [1.82, 2.24) is 34.9 Å². The third kappa shape index (κ3) is 11.1. The summed E-state index contributed by atoms with van der Waals surface area (Å²) in [6.07, 6.45) is 13.1. The summed E-state index contributed by atoms with van der Waals surface area (Å²) >= 11 is 0. The van der Waals surface area contributed by atoms with E-state index in [2.05, 4.69) is 32.0 Å². The van der Waals surface area contributed by atoms with Gasteiger partial charge in [0.2, 0.25) is 11.8 Å². The van der Waals surface area contributed by atoms with Gasteiger partial charge in [-0.1, -0.05) is 18.1 Å². The topological polar surface area (TPSA) is 162 Å². The van der Waals surface area contributed by atoms with Gasteiger partial charge in [-0.2, -0.15) is 9.97 Å². The van der Waals surface area contributed by atoms with Crippen LogP contribution in [-0.4, -0.2) is 163 Å². The van der Waals surface area contributed by atoms with Crippen LogP contribution in [0.3, 0.4) is 0 Å². The standard InChI is InChI=1S/C62H71F2N9O8/c1-6-39-8-7-9-40-29-45(80-37-78-5)30-47(52(39)40)53-49(63)31-48-55(54(53)64)66-59(67-56(48)71-33-43-10-11-44(34-71)73(43)60(77)81-61(2,3)4)79-36-62(19-20-62)35-69-22-17-38(18-23-69)16-21-68-24-26-70(27-25-68)42-12-13-46-41(28-42)32-72(58(46)76)50-14-15-51(74)65-57(50)75/h1,7-9,12-13,28-31,38,43-44,50H,10-11,14-27,32-37H2,2-5H3,(H,65,74,75)/t43?,44?,50-/m0/s1. The molecule has 1 aromatic heterocycles. The number of carbonyl (C=O) groups excluding carboxylic acids is 4. The fraction of sp³-hybridized carbons (Fsp3) is 0.516. The number of methoxy groups -OCH3 is 1. The fourth-order valence-electron chi connectivity index (χ4n) is 13.3. The number of terminal acetylenes is 1. The molecule has 12 rings (SSSR count). The van der Waals surface area contributed by atoms with E-state index in [9.17, 15) is 19.2 Å². The van der Waals surface area contributed by atoms with E-state index in [1.807, 2.05) is 48.8 Å². The number of ether oxygens (including phenoxy) is 4. The smallest absolute Gasteiger partial charge is 0.410 e. The van der Waals surface area contributed by atoms with Gasteiger partial charge in [0, 0.05) is 104 Å². The highest BCUT2D eigenvalue weighted by Gasteiger charge is 2.47. The third-order valence-corrected chi connectivity index (χ3v) is 17.8.